The van der Waals surface area contributed by atoms with Crippen molar-refractivity contribution in [3.8, 4) is 5.75 Å². The van der Waals surface area contributed by atoms with Crippen molar-refractivity contribution in [2.45, 2.75) is 6.42 Å². The molecule has 16 heavy (non-hydrogen) atoms. The van der Waals surface area contributed by atoms with Gasteiger partial charge in [0.15, 0.2) is 0 Å². The highest BCUT2D eigenvalue weighted by molar-refractivity contribution is 7.12. The molecule has 0 unspecified atom stereocenters. The highest BCUT2D eigenvalue weighted by Gasteiger charge is 2.21. The number of rotatable bonds is 2. The first-order valence-corrected chi connectivity index (χ1v) is 6.07. The first-order chi connectivity index (χ1) is 7.86. The van der Waals surface area contributed by atoms with Gasteiger partial charge >= 0.3 is 0 Å². The summed E-state index contributed by atoms with van der Waals surface area (Å²) in [5.74, 6) is 0.842. The standard InChI is InChI=1S/C13H10O2S/c14-12(11-5-2-8-16-11)10-4-1-3-9-6-7-15-13(9)10/h1-5,8H,6-7H2. The van der Waals surface area contributed by atoms with E-state index >= 15 is 0 Å². The molecule has 1 aliphatic rings. The van der Waals surface area contributed by atoms with Crippen LogP contribution in [0.15, 0.2) is 35.7 Å². The van der Waals surface area contributed by atoms with Crippen LogP contribution in [0.3, 0.4) is 0 Å². The molecule has 1 aliphatic heterocycles. The van der Waals surface area contributed by atoms with Crippen LogP contribution in [0.2, 0.25) is 0 Å². The second kappa shape index (κ2) is 3.76. The van der Waals surface area contributed by atoms with Crippen molar-refractivity contribution in [2.24, 2.45) is 0 Å². The Balaban J connectivity index is 2.08. The van der Waals surface area contributed by atoms with Crippen molar-refractivity contribution in [3.63, 3.8) is 0 Å². The molecule has 0 atom stereocenters. The number of hydrogen-bond acceptors (Lipinski definition) is 3. The van der Waals surface area contributed by atoms with E-state index in [1.54, 1.807) is 0 Å². The van der Waals surface area contributed by atoms with E-state index in [1.165, 1.54) is 11.3 Å². The SMILES string of the molecule is O=C(c1cccs1)c1cccc2c1OCC2. The monoisotopic (exact) mass is 230 g/mol. The summed E-state index contributed by atoms with van der Waals surface area (Å²) in [4.78, 5) is 13.0. The molecule has 3 rings (SSSR count). The van der Waals surface area contributed by atoms with Gasteiger partial charge in [-0.1, -0.05) is 18.2 Å². The largest absolute Gasteiger partial charge is 0.492 e. The van der Waals surface area contributed by atoms with E-state index in [4.69, 9.17) is 4.74 Å². The maximum absolute atomic E-state index is 12.2. The van der Waals surface area contributed by atoms with Crippen LogP contribution in [0.5, 0.6) is 5.75 Å². The van der Waals surface area contributed by atoms with Gasteiger partial charge in [0.25, 0.3) is 0 Å². The van der Waals surface area contributed by atoms with Crippen LogP contribution in [0.1, 0.15) is 20.8 Å². The van der Waals surface area contributed by atoms with Crippen LogP contribution in [-0.2, 0) is 6.42 Å². The first-order valence-electron chi connectivity index (χ1n) is 5.19. The summed E-state index contributed by atoms with van der Waals surface area (Å²) in [6, 6.07) is 9.53. The Hall–Kier alpha value is -1.61. The van der Waals surface area contributed by atoms with Crippen molar-refractivity contribution < 1.29 is 9.53 Å². The molecule has 2 heterocycles. The minimum absolute atomic E-state index is 0.0637. The van der Waals surface area contributed by atoms with Crippen LogP contribution in [0.4, 0.5) is 0 Å². The second-order valence-corrected chi connectivity index (χ2v) is 4.65. The molecule has 0 amide bonds. The fraction of sp³-hybridized carbons (Fsp3) is 0.154. The summed E-state index contributed by atoms with van der Waals surface area (Å²) in [5, 5.41) is 1.91. The molecule has 1 aromatic carbocycles. The molecule has 0 bridgehead atoms. The molecule has 0 saturated heterocycles. The third-order valence-electron chi connectivity index (χ3n) is 2.70. The Bertz CT molecular complexity index is 529. The molecule has 3 heteroatoms. The number of ether oxygens (including phenoxy) is 1. The van der Waals surface area contributed by atoms with Gasteiger partial charge in [-0.15, -0.1) is 11.3 Å². The van der Waals surface area contributed by atoms with Crippen molar-refractivity contribution in [1.29, 1.82) is 0 Å². The molecule has 0 spiro atoms. The van der Waals surface area contributed by atoms with Crippen LogP contribution < -0.4 is 4.74 Å². The fourth-order valence-corrected chi connectivity index (χ4v) is 2.61. The van der Waals surface area contributed by atoms with E-state index in [9.17, 15) is 4.79 Å². The summed E-state index contributed by atoms with van der Waals surface area (Å²) in [6.45, 7) is 0.685. The second-order valence-electron chi connectivity index (χ2n) is 3.70. The first kappa shape index (κ1) is 9.60. The zero-order valence-electron chi connectivity index (χ0n) is 8.60. The fourth-order valence-electron chi connectivity index (χ4n) is 1.93. The van der Waals surface area contributed by atoms with Gasteiger partial charge in [-0.05, 0) is 23.1 Å². The summed E-state index contributed by atoms with van der Waals surface area (Å²) in [6.07, 6.45) is 0.904. The smallest absolute Gasteiger partial charge is 0.206 e. The number of ketones is 1. The van der Waals surface area contributed by atoms with Gasteiger partial charge in [-0.2, -0.15) is 0 Å². The Kier molecular flexibility index (Phi) is 2.26. The molecule has 2 aromatic rings. The molecular formula is C13H10O2S. The Morgan fingerprint density at radius 1 is 1.25 bits per heavy atom. The van der Waals surface area contributed by atoms with Gasteiger partial charge in [0.1, 0.15) is 5.75 Å². The van der Waals surface area contributed by atoms with E-state index in [0.717, 1.165) is 22.6 Å². The third-order valence-corrected chi connectivity index (χ3v) is 3.57. The van der Waals surface area contributed by atoms with Crippen molar-refractivity contribution in [2.75, 3.05) is 6.61 Å². The van der Waals surface area contributed by atoms with Crippen LogP contribution in [0, 0.1) is 0 Å². The van der Waals surface area contributed by atoms with Crippen LogP contribution in [-0.4, -0.2) is 12.4 Å². The molecule has 0 radical (unpaired) electrons. The zero-order chi connectivity index (χ0) is 11.0. The quantitative estimate of drug-likeness (QED) is 0.741. The van der Waals surface area contributed by atoms with Crippen molar-refractivity contribution in [1.82, 2.24) is 0 Å². The molecule has 0 saturated carbocycles. The molecule has 0 aliphatic carbocycles. The molecule has 0 N–H and O–H groups in total. The van der Waals surface area contributed by atoms with Gasteiger partial charge in [-0.25, -0.2) is 0 Å². The Morgan fingerprint density at radius 3 is 3.00 bits per heavy atom. The van der Waals surface area contributed by atoms with Crippen molar-refractivity contribution in [3.05, 3.63) is 51.7 Å². The summed E-state index contributed by atoms with van der Waals surface area (Å²) >= 11 is 1.47. The van der Waals surface area contributed by atoms with Gasteiger partial charge in [0.05, 0.1) is 17.0 Å². The number of para-hydroxylation sites is 1. The highest BCUT2D eigenvalue weighted by atomic mass is 32.1. The number of hydrogen-bond donors (Lipinski definition) is 0. The van der Waals surface area contributed by atoms with E-state index in [1.807, 2.05) is 35.7 Å². The third kappa shape index (κ3) is 1.44. The van der Waals surface area contributed by atoms with Crippen molar-refractivity contribution >= 4 is 17.1 Å². The molecule has 1 aromatic heterocycles. The minimum Gasteiger partial charge on any atom is -0.492 e. The summed E-state index contributed by atoms with van der Waals surface area (Å²) in [5.41, 5.74) is 1.83. The summed E-state index contributed by atoms with van der Waals surface area (Å²) in [7, 11) is 0. The predicted octanol–water partition coefficient (Wildman–Crippen LogP) is 2.91. The summed E-state index contributed by atoms with van der Waals surface area (Å²) < 4.78 is 5.53. The van der Waals surface area contributed by atoms with E-state index in [-0.39, 0.29) is 5.78 Å². The Labute approximate surface area is 97.5 Å². The molecule has 80 valence electrons. The minimum atomic E-state index is 0.0637. The van der Waals surface area contributed by atoms with Gasteiger partial charge in [0, 0.05) is 6.42 Å². The van der Waals surface area contributed by atoms with Gasteiger partial charge in [0.2, 0.25) is 5.78 Å². The van der Waals surface area contributed by atoms with Gasteiger partial charge in [-0.3, -0.25) is 4.79 Å². The predicted molar refractivity (Wildman–Crippen MR) is 63.4 cm³/mol. The Morgan fingerprint density at radius 2 is 2.19 bits per heavy atom. The molecular weight excluding hydrogens is 220 g/mol. The zero-order valence-corrected chi connectivity index (χ0v) is 9.42. The number of thiophene rings is 1. The van der Waals surface area contributed by atoms with Crippen LogP contribution in [0.25, 0.3) is 0 Å². The van der Waals surface area contributed by atoms with E-state index in [2.05, 4.69) is 0 Å². The maximum atomic E-state index is 12.2. The highest BCUT2D eigenvalue weighted by Crippen LogP contribution is 2.31. The van der Waals surface area contributed by atoms with E-state index < -0.39 is 0 Å². The lowest BCUT2D eigenvalue weighted by molar-refractivity contribution is 0.103. The molecule has 2 nitrogen and oxygen atoms in total. The van der Waals surface area contributed by atoms with E-state index in [0.29, 0.717) is 12.2 Å². The number of carbonyl (C=O) groups excluding carboxylic acids is 1. The number of benzene rings is 1. The van der Waals surface area contributed by atoms with Crippen LogP contribution >= 0.6 is 11.3 Å². The maximum Gasteiger partial charge on any atom is 0.206 e. The topological polar surface area (TPSA) is 26.3 Å². The lowest BCUT2D eigenvalue weighted by atomic mass is 10.0. The molecule has 0 fully saturated rings. The lowest BCUT2D eigenvalue weighted by Crippen LogP contribution is -2.01. The normalized spacial score (nSPS) is 13.2. The van der Waals surface area contributed by atoms with Gasteiger partial charge < -0.3 is 4.74 Å². The number of carbonyl (C=O) groups is 1. The average Bonchev–Trinajstić information content (AvgIpc) is 2.98. The number of fused-ring (bicyclic) bond motifs is 1. The average molecular weight is 230 g/mol. The lowest BCUT2D eigenvalue weighted by Gasteiger charge is -2.05.